The van der Waals surface area contributed by atoms with Crippen LogP contribution in [0.2, 0.25) is 0 Å². The number of carbonyl (C=O) groups is 2. The summed E-state index contributed by atoms with van der Waals surface area (Å²) in [6, 6.07) is 5.54. The van der Waals surface area contributed by atoms with Gasteiger partial charge in [-0.1, -0.05) is 12.1 Å². The topological polar surface area (TPSA) is 71.6 Å². The third-order valence-electron chi connectivity index (χ3n) is 8.52. The summed E-state index contributed by atoms with van der Waals surface area (Å²) >= 11 is 0. The van der Waals surface area contributed by atoms with E-state index in [0.29, 0.717) is 25.2 Å². The molecule has 8 rings (SSSR count). The number of hydrogen-bond acceptors (Lipinski definition) is 6. The predicted molar refractivity (Wildman–Crippen MR) is 106 cm³/mol. The minimum atomic E-state index is -0.738. The summed E-state index contributed by atoms with van der Waals surface area (Å²) < 4.78 is 18.1. The van der Waals surface area contributed by atoms with Crippen molar-refractivity contribution >= 4 is 17.4 Å². The zero-order valence-corrected chi connectivity index (χ0v) is 17.1. The third-order valence-corrected chi connectivity index (χ3v) is 8.52. The summed E-state index contributed by atoms with van der Waals surface area (Å²) in [7, 11) is 3.73. The van der Waals surface area contributed by atoms with E-state index in [-0.39, 0.29) is 41.3 Å². The van der Waals surface area contributed by atoms with Crippen LogP contribution in [0.1, 0.15) is 18.4 Å². The Balaban J connectivity index is 1.56. The number of ether oxygens (including phenoxy) is 3. The lowest BCUT2D eigenvalue weighted by atomic mass is 9.55. The minimum Gasteiger partial charge on any atom is -0.495 e. The molecule has 7 nitrogen and oxygen atoms in total. The molecule has 7 heteroatoms. The maximum atomic E-state index is 14.0. The summed E-state index contributed by atoms with van der Waals surface area (Å²) in [5, 5.41) is 0. The normalized spacial score (nSPS) is 42.9. The number of ketones is 1. The van der Waals surface area contributed by atoms with Crippen molar-refractivity contribution in [2.75, 3.05) is 38.8 Å². The molecule has 7 aliphatic rings. The van der Waals surface area contributed by atoms with Gasteiger partial charge < -0.3 is 19.1 Å². The fourth-order valence-electron chi connectivity index (χ4n) is 7.28. The molecule has 0 radical (unpaired) electrons. The highest BCUT2D eigenvalue weighted by atomic mass is 16.6. The molecule has 0 aromatic heterocycles. The smallest absolute Gasteiger partial charge is 0.254 e. The second-order valence-corrected chi connectivity index (χ2v) is 9.65. The van der Waals surface area contributed by atoms with Gasteiger partial charge in [0.05, 0.1) is 24.3 Å². The van der Waals surface area contributed by atoms with Crippen molar-refractivity contribution in [1.29, 1.82) is 0 Å². The number of epoxide rings is 1. The lowest BCUT2D eigenvalue weighted by Crippen LogP contribution is -2.64. The lowest BCUT2D eigenvalue weighted by molar-refractivity contribution is -0.133. The van der Waals surface area contributed by atoms with Gasteiger partial charge in [0.1, 0.15) is 35.6 Å². The molecule has 1 saturated carbocycles. The van der Waals surface area contributed by atoms with Crippen LogP contribution in [0.25, 0.3) is 0 Å². The zero-order valence-electron chi connectivity index (χ0n) is 17.1. The largest absolute Gasteiger partial charge is 0.495 e. The number of likely N-dealkylation sites (N-methyl/N-ethyl adjacent to an activating group) is 1. The van der Waals surface area contributed by atoms with Crippen LogP contribution in [0.5, 0.6) is 5.75 Å². The Labute approximate surface area is 174 Å². The number of carbonyl (C=O) groups excluding carboxylic acids is 2. The van der Waals surface area contributed by atoms with Gasteiger partial charge in [0.2, 0.25) is 0 Å². The van der Waals surface area contributed by atoms with Crippen molar-refractivity contribution < 1.29 is 23.8 Å². The first kappa shape index (κ1) is 17.3. The molecule has 4 bridgehead atoms. The van der Waals surface area contributed by atoms with Gasteiger partial charge >= 0.3 is 0 Å². The average molecular weight is 408 g/mol. The quantitative estimate of drug-likeness (QED) is 0.652. The van der Waals surface area contributed by atoms with Gasteiger partial charge in [0.15, 0.2) is 0 Å². The van der Waals surface area contributed by atoms with Crippen LogP contribution in [0.15, 0.2) is 30.0 Å². The standard InChI is InChI=1S/C23H24N2O5/c1-24-7-6-22-12-4-3-5-14(28-2)20(12)25-18(27)9-15-19(21(22)25)13(8-16(22)26)23(11-24)17(30-23)10-29-15/h3-5,9,13,17,19,21H,6-8,10-11H2,1-2H3/t13-,17-,19+,21+,22-,23+/m1/s1. The van der Waals surface area contributed by atoms with Crippen LogP contribution in [0.3, 0.4) is 0 Å². The predicted octanol–water partition coefficient (Wildman–Crippen LogP) is 1.25. The number of methoxy groups -OCH3 is 1. The molecule has 1 aromatic rings. The molecule has 6 aliphatic heterocycles. The summed E-state index contributed by atoms with van der Waals surface area (Å²) in [5.74, 6) is 1.46. The highest BCUT2D eigenvalue weighted by Crippen LogP contribution is 2.65. The fraction of sp³-hybridized carbons (Fsp3) is 0.565. The van der Waals surface area contributed by atoms with Gasteiger partial charge in [-0.3, -0.25) is 14.5 Å². The highest BCUT2D eigenvalue weighted by molar-refractivity contribution is 6.11. The van der Waals surface area contributed by atoms with E-state index < -0.39 is 5.41 Å². The van der Waals surface area contributed by atoms with Gasteiger partial charge in [-0.2, -0.15) is 0 Å². The molecule has 1 amide bonds. The summed E-state index contributed by atoms with van der Waals surface area (Å²) in [6.07, 6.45) is 2.77. The Morgan fingerprint density at radius 2 is 2.13 bits per heavy atom. The molecular formula is C23H24N2O5. The van der Waals surface area contributed by atoms with Crippen LogP contribution < -0.4 is 9.64 Å². The van der Waals surface area contributed by atoms with Gasteiger partial charge in [-0.15, -0.1) is 0 Å². The van der Waals surface area contributed by atoms with E-state index in [1.165, 1.54) is 0 Å². The third kappa shape index (κ3) is 1.73. The van der Waals surface area contributed by atoms with Gasteiger partial charge in [-0.25, -0.2) is 0 Å². The molecule has 1 aliphatic carbocycles. The van der Waals surface area contributed by atoms with E-state index in [0.717, 1.165) is 30.1 Å². The molecule has 4 saturated heterocycles. The van der Waals surface area contributed by atoms with Crippen molar-refractivity contribution in [3.05, 3.63) is 35.6 Å². The first-order chi connectivity index (χ1) is 14.5. The van der Waals surface area contributed by atoms with Crippen LogP contribution in [0, 0.1) is 11.8 Å². The van der Waals surface area contributed by atoms with E-state index in [1.807, 2.05) is 23.1 Å². The van der Waals surface area contributed by atoms with Crippen LogP contribution in [-0.2, 0) is 24.5 Å². The molecular weight excluding hydrogens is 384 g/mol. The zero-order chi connectivity index (χ0) is 20.4. The summed E-state index contributed by atoms with van der Waals surface area (Å²) in [5.41, 5.74) is 0.582. The Kier molecular flexibility index (Phi) is 3.04. The van der Waals surface area contributed by atoms with E-state index in [2.05, 4.69) is 11.9 Å². The van der Waals surface area contributed by atoms with Crippen molar-refractivity contribution in [3.63, 3.8) is 0 Å². The van der Waals surface area contributed by atoms with E-state index in [1.54, 1.807) is 13.2 Å². The van der Waals surface area contributed by atoms with Gasteiger partial charge in [-0.05, 0) is 31.6 Å². The number of anilines is 1. The molecule has 156 valence electrons. The fourth-order valence-corrected chi connectivity index (χ4v) is 7.28. The van der Waals surface area contributed by atoms with E-state index >= 15 is 0 Å². The number of hydrogen-bond donors (Lipinski definition) is 0. The molecule has 2 spiro atoms. The van der Waals surface area contributed by atoms with E-state index in [4.69, 9.17) is 14.2 Å². The molecule has 5 fully saturated rings. The second-order valence-electron chi connectivity index (χ2n) is 9.65. The first-order valence-electron chi connectivity index (χ1n) is 10.8. The molecule has 6 atom stereocenters. The second kappa shape index (κ2) is 5.26. The molecule has 0 unspecified atom stereocenters. The molecule has 30 heavy (non-hydrogen) atoms. The maximum absolute atomic E-state index is 14.0. The van der Waals surface area contributed by atoms with Crippen LogP contribution >= 0.6 is 0 Å². The number of nitrogens with zero attached hydrogens (tertiary/aromatic N) is 2. The Morgan fingerprint density at radius 3 is 2.97 bits per heavy atom. The van der Waals surface area contributed by atoms with Crippen molar-refractivity contribution in [1.82, 2.24) is 4.90 Å². The number of para-hydroxylation sites is 1. The number of benzene rings is 1. The first-order valence-corrected chi connectivity index (χ1v) is 10.8. The number of rotatable bonds is 1. The Morgan fingerprint density at radius 1 is 1.27 bits per heavy atom. The summed E-state index contributed by atoms with van der Waals surface area (Å²) in [6.45, 7) is 2.02. The van der Waals surface area contributed by atoms with Crippen LogP contribution in [0.4, 0.5) is 5.69 Å². The minimum absolute atomic E-state index is 0.0123. The average Bonchev–Trinajstić information content (AvgIpc) is 3.33. The summed E-state index contributed by atoms with van der Waals surface area (Å²) in [4.78, 5) is 31.6. The molecule has 0 N–H and O–H groups in total. The highest BCUT2D eigenvalue weighted by Gasteiger charge is 2.75. The molecule has 1 aromatic carbocycles. The van der Waals surface area contributed by atoms with Gasteiger partial charge in [0, 0.05) is 30.9 Å². The van der Waals surface area contributed by atoms with Crippen molar-refractivity contribution in [2.45, 2.75) is 36.0 Å². The lowest BCUT2D eigenvalue weighted by Gasteiger charge is -2.50. The Bertz CT molecular complexity index is 1050. The number of fused-ring (bicyclic) bond motifs is 6. The van der Waals surface area contributed by atoms with E-state index in [9.17, 15) is 9.59 Å². The van der Waals surface area contributed by atoms with Gasteiger partial charge in [0.25, 0.3) is 5.91 Å². The maximum Gasteiger partial charge on any atom is 0.254 e. The monoisotopic (exact) mass is 408 g/mol. The van der Waals surface area contributed by atoms with Crippen molar-refractivity contribution in [3.8, 4) is 5.75 Å². The van der Waals surface area contributed by atoms with Crippen LogP contribution in [-0.4, -0.2) is 68.2 Å². The van der Waals surface area contributed by atoms with Crippen molar-refractivity contribution in [2.24, 2.45) is 11.8 Å². The SMILES string of the molecule is COc1cccc2c1N1C(=O)C=C3OC[C@H]4O[C@]45CN(C)CC[C@]24C(=O)C[C@@H]5[C@@H]3[C@H]14. The number of amides is 1. The molecule has 6 heterocycles. The number of Topliss-reactive ketones (excluding diaryl/α,β-unsaturated/α-hetero) is 1. The Hall–Kier alpha value is -2.38.